The van der Waals surface area contributed by atoms with Gasteiger partial charge in [0.15, 0.2) is 11.5 Å². The number of fused-ring (bicyclic) bond motifs is 1. The number of aliphatic hydroxyl groups excluding tert-OH is 1. The third-order valence-electron chi connectivity index (χ3n) is 2.94. The van der Waals surface area contributed by atoms with Crippen LogP contribution in [0.4, 0.5) is 0 Å². The summed E-state index contributed by atoms with van der Waals surface area (Å²) >= 11 is 0. The summed E-state index contributed by atoms with van der Waals surface area (Å²) < 4.78 is 16.0. The Morgan fingerprint density at radius 2 is 2.06 bits per heavy atom. The van der Waals surface area contributed by atoms with E-state index < -0.39 is 6.10 Å². The highest BCUT2D eigenvalue weighted by Crippen LogP contribution is 2.40. The minimum Gasteiger partial charge on any atom is -0.493 e. The molecule has 16 heavy (non-hydrogen) atoms. The topological polar surface area (TPSA) is 47.9 Å². The van der Waals surface area contributed by atoms with Crippen molar-refractivity contribution in [3.05, 3.63) is 23.3 Å². The highest BCUT2D eigenvalue weighted by atomic mass is 16.5. The summed E-state index contributed by atoms with van der Waals surface area (Å²) in [5.74, 6) is 1.30. The molecule has 2 unspecified atom stereocenters. The van der Waals surface area contributed by atoms with Gasteiger partial charge in [0, 0.05) is 5.56 Å². The maximum absolute atomic E-state index is 9.99. The van der Waals surface area contributed by atoms with Crippen molar-refractivity contribution in [1.82, 2.24) is 0 Å². The van der Waals surface area contributed by atoms with Gasteiger partial charge in [0.05, 0.1) is 26.9 Å². The van der Waals surface area contributed by atoms with E-state index in [2.05, 4.69) is 0 Å². The van der Waals surface area contributed by atoms with Crippen molar-refractivity contribution >= 4 is 0 Å². The monoisotopic (exact) mass is 224 g/mol. The Kier molecular flexibility index (Phi) is 3.03. The van der Waals surface area contributed by atoms with Crippen LogP contribution in [0.3, 0.4) is 0 Å². The molecule has 0 aromatic heterocycles. The second-order valence-corrected chi connectivity index (χ2v) is 3.83. The van der Waals surface area contributed by atoms with Crippen LogP contribution in [-0.4, -0.2) is 25.4 Å². The number of hydrogen-bond acceptors (Lipinski definition) is 4. The lowest BCUT2D eigenvalue weighted by molar-refractivity contribution is -0.0533. The SMILES string of the molecule is COc1ccc2c(c1OC)COC(C)C2O. The fourth-order valence-corrected chi connectivity index (χ4v) is 1.99. The summed E-state index contributed by atoms with van der Waals surface area (Å²) in [6.07, 6.45) is -0.797. The van der Waals surface area contributed by atoms with Gasteiger partial charge in [0.2, 0.25) is 0 Å². The third-order valence-corrected chi connectivity index (χ3v) is 2.94. The Morgan fingerprint density at radius 1 is 1.31 bits per heavy atom. The quantitative estimate of drug-likeness (QED) is 0.830. The number of ether oxygens (including phenoxy) is 3. The second-order valence-electron chi connectivity index (χ2n) is 3.83. The summed E-state index contributed by atoms with van der Waals surface area (Å²) in [6, 6.07) is 3.67. The summed E-state index contributed by atoms with van der Waals surface area (Å²) in [7, 11) is 3.18. The van der Waals surface area contributed by atoms with Crippen LogP contribution in [0, 0.1) is 0 Å². The van der Waals surface area contributed by atoms with E-state index >= 15 is 0 Å². The second kappa shape index (κ2) is 4.31. The van der Waals surface area contributed by atoms with Crippen LogP contribution < -0.4 is 9.47 Å². The Balaban J connectivity index is 2.52. The van der Waals surface area contributed by atoms with E-state index in [1.807, 2.05) is 13.0 Å². The number of benzene rings is 1. The summed E-state index contributed by atoms with van der Waals surface area (Å²) in [4.78, 5) is 0. The Morgan fingerprint density at radius 3 is 2.69 bits per heavy atom. The molecule has 1 aromatic rings. The van der Waals surface area contributed by atoms with Crippen molar-refractivity contribution in [2.24, 2.45) is 0 Å². The van der Waals surface area contributed by atoms with Crippen LogP contribution in [0.25, 0.3) is 0 Å². The fourth-order valence-electron chi connectivity index (χ4n) is 1.99. The van der Waals surface area contributed by atoms with E-state index in [0.717, 1.165) is 11.1 Å². The van der Waals surface area contributed by atoms with Crippen LogP contribution >= 0.6 is 0 Å². The minimum atomic E-state index is -0.608. The van der Waals surface area contributed by atoms with Crippen LogP contribution in [-0.2, 0) is 11.3 Å². The lowest BCUT2D eigenvalue weighted by Crippen LogP contribution is -2.25. The van der Waals surface area contributed by atoms with E-state index in [4.69, 9.17) is 14.2 Å². The van der Waals surface area contributed by atoms with Crippen molar-refractivity contribution in [3.8, 4) is 11.5 Å². The lowest BCUT2D eigenvalue weighted by atomic mass is 9.96. The molecular formula is C12H16O4. The zero-order valence-electron chi connectivity index (χ0n) is 9.69. The van der Waals surface area contributed by atoms with Crippen molar-refractivity contribution < 1.29 is 19.3 Å². The molecule has 1 aliphatic rings. The first-order chi connectivity index (χ1) is 7.69. The van der Waals surface area contributed by atoms with Crippen LogP contribution in [0.2, 0.25) is 0 Å². The third kappa shape index (κ3) is 1.64. The average Bonchev–Trinajstić information content (AvgIpc) is 2.32. The van der Waals surface area contributed by atoms with Crippen molar-refractivity contribution in [1.29, 1.82) is 0 Å². The molecular weight excluding hydrogens is 208 g/mol. The molecule has 0 fully saturated rings. The summed E-state index contributed by atoms with van der Waals surface area (Å²) in [6.45, 7) is 2.29. The fraction of sp³-hybridized carbons (Fsp3) is 0.500. The smallest absolute Gasteiger partial charge is 0.166 e. The van der Waals surface area contributed by atoms with Crippen LogP contribution in [0.1, 0.15) is 24.2 Å². The van der Waals surface area contributed by atoms with Crippen molar-refractivity contribution in [3.63, 3.8) is 0 Å². The molecule has 0 bridgehead atoms. The molecule has 0 spiro atoms. The first kappa shape index (κ1) is 11.2. The van der Waals surface area contributed by atoms with Crippen molar-refractivity contribution in [2.45, 2.75) is 25.7 Å². The molecule has 0 amide bonds. The molecule has 0 radical (unpaired) electrons. The van der Waals surface area contributed by atoms with Crippen LogP contribution in [0.5, 0.6) is 11.5 Å². The Hall–Kier alpha value is -1.26. The molecule has 4 heteroatoms. The van der Waals surface area contributed by atoms with E-state index in [1.54, 1.807) is 20.3 Å². The average molecular weight is 224 g/mol. The van der Waals surface area contributed by atoms with Gasteiger partial charge in [-0.15, -0.1) is 0 Å². The van der Waals surface area contributed by atoms with Gasteiger partial charge in [-0.2, -0.15) is 0 Å². The van der Waals surface area contributed by atoms with Gasteiger partial charge in [-0.05, 0) is 18.6 Å². The molecule has 1 heterocycles. The molecule has 4 nitrogen and oxygen atoms in total. The highest BCUT2D eigenvalue weighted by Gasteiger charge is 2.28. The zero-order chi connectivity index (χ0) is 11.7. The van der Waals surface area contributed by atoms with E-state index in [1.165, 1.54) is 0 Å². The van der Waals surface area contributed by atoms with E-state index in [0.29, 0.717) is 18.1 Å². The highest BCUT2D eigenvalue weighted by molar-refractivity contribution is 5.52. The maximum atomic E-state index is 9.99. The van der Waals surface area contributed by atoms with Gasteiger partial charge in [0.25, 0.3) is 0 Å². The first-order valence-corrected chi connectivity index (χ1v) is 5.22. The molecule has 0 saturated heterocycles. The molecule has 1 aromatic carbocycles. The molecule has 1 aliphatic heterocycles. The van der Waals surface area contributed by atoms with Gasteiger partial charge in [-0.3, -0.25) is 0 Å². The molecule has 0 aliphatic carbocycles. The summed E-state index contributed by atoms with van der Waals surface area (Å²) in [5.41, 5.74) is 1.73. The number of methoxy groups -OCH3 is 2. The number of rotatable bonds is 2. The molecule has 2 atom stereocenters. The van der Waals surface area contributed by atoms with E-state index in [9.17, 15) is 5.11 Å². The predicted molar refractivity (Wildman–Crippen MR) is 58.8 cm³/mol. The number of hydrogen-bond donors (Lipinski definition) is 1. The predicted octanol–water partition coefficient (Wildman–Crippen LogP) is 1.66. The van der Waals surface area contributed by atoms with Crippen LogP contribution in [0.15, 0.2) is 12.1 Å². The van der Waals surface area contributed by atoms with E-state index in [-0.39, 0.29) is 6.10 Å². The molecule has 88 valence electrons. The Bertz CT molecular complexity index is 389. The first-order valence-electron chi connectivity index (χ1n) is 5.22. The maximum Gasteiger partial charge on any atom is 0.166 e. The molecule has 1 N–H and O–H groups in total. The largest absolute Gasteiger partial charge is 0.493 e. The molecule has 0 saturated carbocycles. The van der Waals surface area contributed by atoms with Gasteiger partial charge < -0.3 is 19.3 Å². The molecule has 2 rings (SSSR count). The van der Waals surface area contributed by atoms with Gasteiger partial charge >= 0.3 is 0 Å². The summed E-state index contributed by atoms with van der Waals surface area (Å²) in [5, 5.41) is 9.99. The standard InChI is InChI=1S/C12H16O4/c1-7-11(13)8-4-5-10(14-2)12(15-3)9(8)6-16-7/h4-5,7,11,13H,6H2,1-3H3. The zero-order valence-corrected chi connectivity index (χ0v) is 9.69. The minimum absolute atomic E-state index is 0.189. The normalized spacial score (nSPS) is 23.8. The lowest BCUT2D eigenvalue weighted by Gasteiger charge is -2.29. The van der Waals surface area contributed by atoms with Crippen molar-refractivity contribution in [2.75, 3.05) is 14.2 Å². The number of aliphatic hydroxyl groups is 1. The van der Waals surface area contributed by atoms with Gasteiger partial charge in [0.1, 0.15) is 6.10 Å². The van der Waals surface area contributed by atoms with Gasteiger partial charge in [-0.1, -0.05) is 6.07 Å². The van der Waals surface area contributed by atoms with Gasteiger partial charge in [-0.25, -0.2) is 0 Å². The Labute approximate surface area is 94.8 Å².